The molecule has 0 spiro atoms. The van der Waals surface area contributed by atoms with Gasteiger partial charge in [-0.3, -0.25) is 4.79 Å². The first-order valence-corrected chi connectivity index (χ1v) is 5.09. The Morgan fingerprint density at radius 2 is 2.60 bits per heavy atom. The van der Waals surface area contributed by atoms with Crippen LogP contribution in [0.5, 0.6) is 0 Å². The minimum atomic E-state index is -0.0631. The second-order valence-corrected chi connectivity index (χ2v) is 4.01. The van der Waals surface area contributed by atoms with Crippen LogP contribution in [0.1, 0.15) is 23.8 Å². The highest BCUT2D eigenvalue weighted by atomic mass is 16.2. The molecule has 1 saturated heterocycles. The van der Waals surface area contributed by atoms with Gasteiger partial charge in [0.2, 0.25) is 0 Å². The van der Waals surface area contributed by atoms with Gasteiger partial charge in [0.1, 0.15) is 0 Å². The lowest BCUT2D eigenvalue weighted by atomic mass is 10.0. The molecule has 1 amide bonds. The summed E-state index contributed by atoms with van der Waals surface area (Å²) in [6.07, 6.45) is 2.42. The fourth-order valence-corrected chi connectivity index (χ4v) is 1.87. The van der Waals surface area contributed by atoms with Crippen molar-refractivity contribution in [2.75, 3.05) is 13.1 Å². The molecule has 0 aliphatic carbocycles. The standard InChI is InChI=1S/C9H15N5O/c1-6(10)7-2-3-14(5-7)9(15)8-4-11-13-12-8/h4,6-7H,2-3,5,10H2,1H3,(H,11,12,13). The number of nitrogens with zero attached hydrogens (tertiary/aromatic N) is 3. The van der Waals surface area contributed by atoms with Gasteiger partial charge in [-0.2, -0.15) is 15.4 Å². The van der Waals surface area contributed by atoms with Crippen molar-refractivity contribution in [1.29, 1.82) is 0 Å². The van der Waals surface area contributed by atoms with E-state index in [0.717, 1.165) is 19.5 Å². The summed E-state index contributed by atoms with van der Waals surface area (Å²) in [5.74, 6) is 0.341. The van der Waals surface area contributed by atoms with Crippen molar-refractivity contribution in [1.82, 2.24) is 20.3 Å². The Kier molecular flexibility index (Phi) is 2.68. The molecule has 0 saturated carbocycles. The molecule has 2 atom stereocenters. The first-order valence-electron chi connectivity index (χ1n) is 5.09. The third kappa shape index (κ3) is 1.99. The number of H-pyrrole nitrogens is 1. The van der Waals surface area contributed by atoms with E-state index in [-0.39, 0.29) is 11.9 Å². The van der Waals surface area contributed by atoms with Gasteiger partial charge in [-0.15, -0.1) is 0 Å². The number of hydrogen-bond donors (Lipinski definition) is 2. The van der Waals surface area contributed by atoms with Gasteiger partial charge in [-0.1, -0.05) is 0 Å². The molecule has 2 unspecified atom stereocenters. The number of likely N-dealkylation sites (tertiary alicyclic amines) is 1. The maximum atomic E-state index is 11.8. The summed E-state index contributed by atoms with van der Waals surface area (Å²) in [5, 5.41) is 9.83. The zero-order valence-electron chi connectivity index (χ0n) is 8.68. The summed E-state index contributed by atoms with van der Waals surface area (Å²) in [6, 6.07) is 0.139. The molecule has 6 heteroatoms. The third-order valence-electron chi connectivity index (χ3n) is 2.89. The van der Waals surface area contributed by atoms with Gasteiger partial charge in [-0.25, -0.2) is 0 Å². The highest BCUT2D eigenvalue weighted by Crippen LogP contribution is 2.19. The molecule has 1 fully saturated rings. The van der Waals surface area contributed by atoms with Crippen LogP contribution in [0.3, 0.4) is 0 Å². The highest BCUT2D eigenvalue weighted by molar-refractivity contribution is 5.92. The number of aromatic nitrogens is 3. The number of amides is 1. The molecule has 1 aromatic rings. The van der Waals surface area contributed by atoms with E-state index >= 15 is 0 Å². The van der Waals surface area contributed by atoms with Crippen LogP contribution >= 0.6 is 0 Å². The van der Waals surface area contributed by atoms with Crippen molar-refractivity contribution in [3.8, 4) is 0 Å². The van der Waals surface area contributed by atoms with Crippen LogP contribution in [0.15, 0.2) is 6.20 Å². The van der Waals surface area contributed by atoms with Gasteiger partial charge in [0.25, 0.3) is 5.91 Å². The van der Waals surface area contributed by atoms with Crippen LogP contribution in [0.25, 0.3) is 0 Å². The average molecular weight is 209 g/mol. The first-order chi connectivity index (χ1) is 7.18. The molecule has 15 heavy (non-hydrogen) atoms. The second kappa shape index (κ2) is 3.98. The number of nitrogens with one attached hydrogen (secondary N) is 1. The largest absolute Gasteiger partial charge is 0.337 e. The zero-order chi connectivity index (χ0) is 10.8. The molecular weight excluding hydrogens is 194 g/mol. The highest BCUT2D eigenvalue weighted by Gasteiger charge is 2.29. The fraction of sp³-hybridized carbons (Fsp3) is 0.667. The molecule has 1 aliphatic rings. The monoisotopic (exact) mass is 209 g/mol. The Labute approximate surface area is 87.8 Å². The van der Waals surface area contributed by atoms with E-state index in [4.69, 9.17) is 5.73 Å². The summed E-state index contributed by atoms with van der Waals surface area (Å²) >= 11 is 0. The SMILES string of the molecule is CC(N)C1CCN(C(=O)c2cn[nH]n2)C1. The minimum Gasteiger partial charge on any atom is -0.337 e. The Bertz CT molecular complexity index is 334. The van der Waals surface area contributed by atoms with Crippen LogP contribution in [0, 0.1) is 5.92 Å². The number of rotatable bonds is 2. The number of nitrogens with two attached hydrogens (primary N) is 1. The van der Waals surface area contributed by atoms with Gasteiger partial charge in [0.05, 0.1) is 6.20 Å². The van der Waals surface area contributed by atoms with E-state index in [9.17, 15) is 4.79 Å². The molecule has 0 bridgehead atoms. The van der Waals surface area contributed by atoms with Gasteiger partial charge < -0.3 is 10.6 Å². The van der Waals surface area contributed by atoms with E-state index in [2.05, 4.69) is 15.4 Å². The van der Waals surface area contributed by atoms with Crippen LogP contribution in [-0.4, -0.2) is 45.3 Å². The van der Waals surface area contributed by atoms with Crippen LogP contribution < -0.4 is 5.73 Å². The maximum absolute atomic E-state index is 11.8. The maximum Gasteiger partial charge on any atom is 0.276 e. The van der Waals surface area contributed by atoms with Crippen LogP contribution in [0.2, 0.25) is 0 Å². The molecule has 82 valence electrons. The Hall–Kier alpha value is -1.43. The molecule has 1 aromatic heterocycles. The second-order valence-electron chi connectivity index (χ2n) is 4.01. The lowest BCUT2D eigenvalue weighted by Gasteiger charge is -2.16. The first kappa shape index (κ1) is 10.1. The molecule has 6 nitrogen and oxygen atoms in total. The van der Waals surface area contributed by atoms with Crippen molar-refractivity contribution in [2.45, 2.75) is 19.4 Å². The minimum absolute atomic E-state index is 0.0631. The van der Waals surface area contributed by atoms with Crippen LogP contribution in [0.4, 0.5) is 0 Å². The van der Waals surface area contributed by atoms with Gasteiger partial charge in [-0.05, 0) is 19.3 Å². The normalized spacial score (nSPS) is 23.1. The number of carbonyl (C=O) groups excluding carboxylic acids is 1. The summed E-state index contributed by atoms with van der Waals surface area (Å²) in [4.78, 5) is 13.6. The van der Waals surface area contributed by atoms with Crippen LogP contribution in [-0.2, 0) is 0 Å². The molecule has 1 aliphatic heterocycles. The quantitative estimate of drug-likeness (QED) is 0.694. The van der Waals surface area contributed by atoms with Gasteiger partial charge >= 0.3 is 0 Å². The third-order valence-corrected chi connectivity index (χ3v) is 2.89. The number of carbonyl (C=O) groups is 1. The molecule has 0 radical (unpaired) electrons. The Morgan fingerprint density at radius 3 is 3.13 bits per heavy atom. The summed E-state index contributed by atoms with van der Waals surface area (Å²) in [6.45, 7) is 3.47. The average Bonchev–Trinajstić information content (AvgIpc) is 2.88. The summed E-state index contributed by atoms with van der Waals surface area (Å²) in [7, 11) is 0. The van der Waals surface area contributed by atoms with Gasteiger partial charge in [0.15, 0.2) is 5.69 Å². The zero-order valence-corrected chi connectivity index (χ0v) is 8.68. The van der Waals surface area contributed by atoms with Crippen molar-refractivity contribution >= 4 is 5.91 Å². The summed E-state index contributed by atoms with van der Waals surface area (Å²) in [5.41, 5.74) is 6.18. The molecular formula is C9H15N5O. The van der Waals surface area contributed by atoms with Gasteiger partial charge in [0, 0.05) is 19.1 Å². The molecule has 3 N–H and O–H groups in total. The Balaban J connectivity index is 1.99. The topological polar surface area (TPSA) is 87.9 Å². The predicted octanol–water partition coefficient (Wildman–Crippen LogP) is -0.386. The predicted molar refractivity (Wildman–Crippen MR) is 54.0 cm³/mol. The molecule has 0 aromatic carbocycles. The molecule has 2 rings (SSSR count). The van der Waals surface area contributed by atoms with E-state index in [1.54, 1.807) is 4.90 Å². The number of hydrogen-bond acceptors (Lipinski definition) is 4. The van der Waals surface area contributed by atoms with E-state index in [0.29, 0.717) is 11.6 Å². The van der Waals surface area contributed by atoms with E-state index in [1.807, 2.05) is 6.92 Å². The summed E-state index contributed by atoms with van der Waals surface area (Å²) < 4.78 is 0. The van der Waals surface area contributed by atoms with E-state index < -0.39 is 0 Å². The molecule has 2 heterocycles. The lowest BCUT2D eigenvalue weighted by Crippen LogP contribution is -2.33. The van der Waals surface area contributed by atoms with Crippen molar-refractivity contribution in [2.24, 2.45) is 11.7 Å². The number of aromatic amines is 1. The van der Waals surface area contributed by atoms with Crippen molar-refractivity contribution in [3.63, 3.8) is 0 Å². The Morgan fingerprint density at radius 1 is 1.80 bits per heavy atom. The lowest BCUT2D eigenvalue weighted by molar-refractivity contribution is 0.0780. The fourth-order valence-electron chi connectivity index (χ4n) is 1.87. The van der Waals surface area contributed by atoms with E-state index in [1.165, 1.54) is 6.20 Å². The smallest absolute Gasteiger partial charge is 0.276 e. The van der Waals surface area contributed by atoms with Crippen molar-refractivity contribution in [3.05, 3.63) is 11.9 Å². The van der Waals surface area contributed by atoms with Crippen molar-refractivity contribution < 1.29 is 4.79 Å².